The number of aromatic nitrogens is 1. The van der Waals surface area contributed by atoms with Gasteiger partial charge in [0.05, 0.1) is 0 Å². The molecular formula is C11H16ClN. The first kappa shape index (κ1) is 10.5. The maximum absolute atomic E-state index is 6.02. The average molecular weight is 198 g/mol. The van der Waals surface area contributed by atoms with Crippen LogP contribution in [0.25, 0.3) is 0 Å². The third-order valence-corrected chi connectivity index (χ3v) is 2.70. The Morgan fingerprint density at radius 3 is 2.69 bits per heavy atom. The van der Waals surface area contributed by atoms with Crippen molar-refractivity contribution in [2.75, 3.05) is 0 Å². The van der Waals surface area contributed by atoms with E-state index < -0.39 is 0 Å². The van der Waals surface area contributed by atoms with Gasteiger partial charge in [0, 0.05) is 17.8 Å². The van der Waals surface area contributed by atoms with E-state index in [9.17, 15) is 0 Å². The average Bonchev–Trinajstić information content (AvgIpc) is 2.19. The van der Waals surface area contributed by atoms with Crippen molar-refractivity contribution in [1.29, 1.82) is 0 Å². The first-order valence-corrected chi connectivity index (χ1v) is 5.29. The second kappa shape index (κ2) is 5.98. The summed E-state index contributed by atoms with van der Waals surface area (Å²) in [6, 6.07) is 4.13. The summed E-state index contributed by atoms with van der Waals surface area (Å²) in [4.78, 5) is 3.98. The van der Waals surface area contributed by atoms with E-state index >= 15 is 0 Å². The summed E-state index contributed by atoms with van der Waals surface area (Å²) in [5.41, 5.74) is 1.36. The molecule has 0 amide bonds. The molecule has 0 aliphatic carbocycles. The molecule has 1 aromatic heterocycles. The molecule has 1 heterocycles. The molecule has 0 spiro atoms. The van der Waals surface area contributed by atoms with E-state index in [1.165, 1.54) is 12.0 Å². The van der Waals surface area contributed by atoms with Crippen molar-refractivity contribution < 1.29 is 0 Å². The van der Waals surface area contributed by atoms with E-state index in [4.69, 9.17) is 11.6 Å². The minimum absolute atomic E-state index is 0.349. The summed E-state index contributed by atoms with van der Waals surface area (Å²) in [5.74, 6) is 0. The summed E-state index contributed by atoms with van der Waals surface area (Å²) in [5, 5.41) is 0.349. The molecule has 1 aromatic rings. The zero-order chi connectivity index (χ0) is 9.52. The summed E-state index contributed by atoms with van der Waals surface area (Å²) in [7, 11) is 0. The molecule has 0 N–H and O–H groups in total. The number of pyridine rings is 1. The molecule has 1 nitrogen and oxygen atoms in total. The number of aryl methyl sites for hydroxylation is 1. The van der Waals surface area contributed by atoms with Crippen molar-refractivity contribution >= 4 is 11.6 Å². The van der Waals surface area contributed by atoms with Crippen molar-refractivity contribution in [2.45, 2.75) is 38.0 Å². The standard InChI is InChI=1S/C11H16ClN/c1-2-11(12)5-3-4-10-6-8-13-9-7-10/h6-9,11H,2-5H2,1H3. The van der Waals surface area contributed by atoms with Gasteiger partial charge in [-0.05, 0) is 43.4 Å². The Labute approximate surface area is 85.1 Å². The van der Waals surface area contributed by atoms with Crippen LogP contribution >= 0.6 is 11.6 Å². The van der Waals surface area contributed by atoms with Crippen LogP contribution in [0.2, 0.25) is 0 Å². The highest BCUT2D eigenvalue weighted by atomic mass is 35.5. The van der Waals surface area contributed by atoms with Crippen LogP contribution in [-0.2, 0) is 6.42 Å². The summed E-state index contributed by atoms with van der Waals surface area (Å²) < 4.78 is 0. The van der Waals surface area contributed by atoms with Crippen LogP contribution in [0.3, 0.4) is 0 Å². The molecule has 0 radical (unpaired) electrons. The van der Waals surface area contributed by atoms with E-state index in [0.29, 0.717) is 5.38 Å². The highest BCUT2D eigenvalue weighted by Crippen LogP contribution is 2.11. The predicted molar refractivity (Wildman–Crippen MR) is 57.1 cm³/mol. The van der Waals surface area contributed by atoms with Crippen molar-refractivity contribution in [2.24, 2.45) is 0 Å². The van der Waals surface area contributed by atoms with Crippen molar-refractivity contribution in [3.63, 3.8) is 0 Å². The van der Waals surface area contributed by atoms with Crippen LogP contribution in [0.5, 0.6) is 0 Å². The number of hydrogen-bond donors (Lipinski definition) is 0. The second-order valence-corrected chi connectivity index (χ2v) is 3.87. The van der Waals surface area contributed by atoms with E-state index in [-0.39, 0.29) is 0 Å². The minimum atomic E-state index is 0.349. The lowest BCUT2D eigenvalue weighted by atomic mass is 10.1. The fourth-order valence-corrected chi connectivity index (χ4v) is 1.44. The lowest BCUT2D eigenvalue weighted by Crippen LogP contribution is -1.96. The van der Waals surface area contributed by atoms with Gasteiger partial charge in [-0.2, -0.15) is 0 Å². The largest absolute Gasteiger partial charge is 0.265 e. The first-order valence-electron chi connectivity index (χ1n) is 4.86. The van der Waals surface area contributed by atoms with Crippen LogP contribution < -0.4 is 0 Å². The molecule has 13 heavy (non-hydrogen) atoms. The minimum Gasteiger partial charge on any atom is -0.265 e. The number of alkyl halides is 1. The van der Waals surface area contributed by atoms with Gasteiger partial charge in [0.2, 0.25) is 0 Å². The molecule has 72 valence electrons. The molecule has 2 heteroatoms. The molecule has 0 bridgehead atoms. The normalized spacial score (nSPS) is 12.8. The summed E-state index contributed by atoms with van der Waals surface area (Å²) in [6.45, 7) is 2.13. The molecular weight excluding hydrogens is 182 g/mol. The van der Waals surface area contributed by atoms with E-state index in [2.05, 4.69) is 24.0 Å². The highest BCUT2D eigenvalue weighted by molar-refractivity contribution is 6.20. The predicted octanol–water partition coefficient (Wildman–Crippen LogP) is 3.42. The van der Waals surface area contributed by atoms with E-state index in [0.717, 1.165) is 19.3 Å². The van der Waals surface area contributed by atoms with E-state index in [1.54, 1.807) is 0 Å². The Hall–Kier alpha value is -0.560. The lowest BCUT2D eigenvalue weighted by molar-refractivity contribution is 0.674. The van der Waals surface area contributed by atoms with Crippen molar-refractivity contribution in [1.82, 2.24) is 4.98 Å². The van der Waals surface area contributed by atoms with Gasteiger partial charge in [-0.15, -0.1) is 11.6 Å². The quantitative estimate of drug-likeness (QED) is 0.660. The van der Waals surface area contributed by atoms with Crippen LogP contribution in [0.4, 0.5) is 0 Å². The zero-order valence-corrected chi connectivity index (χ0v) is 8.80. The highest BCUT2D eigenvalue weighted by Gasteiger charge is 2.00. The smallest absolute Gasteiger partial charge is 0.0333 e. The third kappa shape index (κ3) is 4.28. The molecule has 0 saturated heterocycles. The van der Waals surface area contributed by atoms with Crippen LogP contribution in [0.15, 0.2) is 24.5 Å². The van der Waals surface area contributed by atoms with Gasteiger partial charge < -0.3 is 0 Å². The SMILES string of the molecule is CCC(Cl)CCCc1ccncc1. The van der Waals surface area contributed by atoms with Crippen molar-refractivity contribution in [3.05, 3.63) is 30.1 Å². The Morgan fingerprint density at radius 1 is 1.38 bits per heavy atom. The lowest BCUT2D eigenvalue weighted by Gasteiger charge is -2.05. The van der Waals surface area contributed by atoms with Gasteiger partial charge in [-0.3, -0.25) is 4.98 Å². The number of rotatable bonds is 5. The molecule has 0 saturated carbocycles. The van der Waals surface area contributed by atoms with Crippen molar-refractivity contribution in [3.8, 4) is 0 Å². The van der Waals surface area contributed by atoms with Gasteiger partial charge in [0.25, 0.3) is 0 Å². The summed E-state index contributed by atoms with van der Waals surface area (Å²) >= 11 is 6.02. The van der Waals surface area contributed by atoms with Gasteiger partial charge in [-0.25, -0.2) is 0 Å². The molecule has 0 fully saturated rings. The van der Waals surface area contributed by atoms with Gasteiger partial charge in [0.1, 0.15) is 0 Å². The maximum Gasteiger partial charge on any atom is 0.0333 e. The van der Waals surface area contributed by atoms with Gasteiger partial charge in [-0.1, -0.05) is 6.92 Å². The van der Waals surface area contributed by atoms with Gasteiger partial charge in [0.15, 0.2) is 0 Å². The molecule has 0 aliphatic rings. The van der Waals surface area contributed by atoms with Crippen LogP contribution in [0, 0.1) is 0 Å². The topological polar surface area (TPSA) is 12.9 Å². The second-order valence-electron chi connectivity index (χ2n) is 3.25. The fraction of sp³-hybridized carbons (Fsp3) is 0.545. The third-order valence-electron chi connectivity index (χ3n) is 2.18. The Balaban J connectivity index is 2.20. The number of nitrogens with zero attached hydrogens (tertiary/aromatic N) is 1. The van der Waals surface area contributed by atoms with E-state index in [1.807, 2.05) is 12.4 Å². The Morgan fingerprint density at radius 2 is 2.08 bits per heavy atom. The molecule has 0 aliphatic heterocycles. The Kier molecular flexibility index (Phi) is 4.84. The number of hydrogen-bond acceptors (Lipinski definition) is 1. The molecule has 1 unspecified atom stereocenters. The van der Waals surface area contributed by atoms with Gasteiger partial charge >= 0.3 is 0 Å². The molecule has 1 atom stereocenters. The fourth-order valence-electron chi connectivity index (χ4n) is 1.28. The van der Waals surface area contributed by atoms with Crippen LogP contribution in [-0.4, -0.2) is 10.4 Å². The Bertz CT molecular complexity index is 223. The molecule has 0 aromatic carbocycles. The monoisotopic (exact) mass is 197 g/mol. The zero-order valence-electron chi connectivity index (χ0n) is 8.04. The van der Waals surface area contributed by atoms with Crippen LogP contribution in [0.1, 0.15) is 31.7 Å². The first-order chi connectivity index (χ1) is 6.33. The molecule has 1 rings (SSSR count). The maximum atomic E-state index is 6.02. The summed E-state index contributed by atoms with van der Waals surface area (Å²) in [6.07, 6.45) is 8.15. The number of halogens is 1.